The summed E-state index contributed by atoms with van der Waals surface area (Å²) in [6, 6.07) is 7.36. The molecule has 1 heterocycles. The molecule has 0 fully saturated rings. The van der Waals surface area contributed by atoms with Gasteiger partial charge >= 0.3 is 0 Å². The number of aromatic nitrogens is 1. The molecule has 1 aromatic heterocycles. The lowest BCUT2D eigenvalue weighted by Crippen LogP contribution is -2.23. The molecule has 0 spiro atoms. The number of nitrogens with one attached hydrogen (secondary N) is 1. The molecule has 1 aromatic carbocycles. The number of pyridine rings is 1. The first-order valence-corrected chi connectivity index (χ1v) is 5.32. The van der Waals surface area contributed by atoms with Crippen LogP contribution in [0.2, 0.25) is 0 Å². The van der Waals surface area contributed by atoms with Gasteiger partial charge in [-0.1, -0.05) is 6.07 Å². The zero-order valence-corrected chi connectivity index (χ0v) is 9.77. The third-order valence-electron chi connectivity index (χ3n) is 2.62. The van der Waals surface area contributed by atoms with Gasteiger partial charge in [0.1, 0.15) is 11.7 Å². The summed E-state index contributed by atoms with van der Waals surface area (Å²) in [6.45, 7) is 1.73. The van der Waals surface area contributed by atoms with Gasteiger partial charge in [0.05, 0.1) is 5.56 Å². The standard InChI is InChI=1S/C13H12FN3O/c1-8-5-12(18)11(13(15)16)7-17(8)10-4-2-3-9(14)6-10/h2-7H,1H3,(H3,15,16). The molecular weight excluding hydrogens is 233 g/mol. The zero-order valence-electron chi connectivity index (χ0n) is 9.77. The average molecular weight is 245 g/mol. The topological polar surface area (TPSA) is 71.9 Å². The minimum Gasteiger partial charge on any atom is -0.384 e. The molecule has 0 aliphatic carbocycles. The summed E-state index contributed by atoms with van der Waals surface area (Å²) in [6.07, 6.45) is 1.45. The molecule has 2 aromatic rings. The van der Waals surface area contributed by atoms with Crippen LogP contribution in [0.4, 0.5) is 4.39 Å². The Morgan fingerprint density at radius 3 is 2.72 bits per heavy atom. The van der Waals surface area contributed by atoms with Crippen molar-refractivity contribution in [2.24, 2.45) is 5.73 Å². The van der Waals surface area contributed by atoms with Crippen LogP contribution in [0, 0.1) is 18.2 Å². The number of aryl methyl sites for hydroxylation is 1. The molecule has 0 aliphatic rings. The lowest BCUT2D eigenvalue weighted by Gasteiger charge is -2.12. The van der Waals surface area contributed by atoms with Gasteiger partial charge in [0.2, 0.25) is 0 Å². The molecule has 92 valence electrons. The summed E-state index contributed by atoms with van der Waals surface area (Å²) in [5.74, 6) is -0.667. The van der Waals surface area contributed by atoms with Gasteiger partial charge in [0, 0.05) is 23.6 Å². The van der Waals surface area contributed by atoms with E-state index < -0.39 is 0 Å². The van der Waals surface area contributed by atoms with Crippen molar-refractivity contribution >= 4 is 5.84 Å². The van der Waals surface area contributed by atoms with Crippen LogP contribution in [-0.4, -0.2) is 10.4 Å². The van der Waals surface area contributed by atoms with Crippen LogP contribution in [0.5, 0.6) is 0 Å². The average Bonchev–Trinajstić information content (AvgIpc) is 2.28. The number of rotatable bonds is 2. The molecule has 2 rings (SSSR count). The van der Waals surface area contributed by atoms with E-state index in [1.165, 1.54) is 24.4 Å². The minimum absolute atomic E-state index is 0.102. The van der Waals surface area contributed by atoms with Crippen LogP contribution in [0.3, 0.4) is 0 Å². The Labute approximate surface area is 103 Å². The summed E-state index contributed by atoms with van der Waals surface area (Å²) in [5, 5.41) is 7.34. The van der Waals surface area contributed by atoms with E-state index in [0.29, 0.717) is 11.4 Å². The second-order valence-electron chi connectivity index (χ2n) is 3.96. The van der Waals surface area contributed by atoms with E-state index in [9.17, 15) is 9.18 Å². The molecule has 0 radical (unpaired) electrons. The first-order chi connectivity index (χ1) is 8.49. The van der Waals surface area contributed by atoms with Gasteiger partial charge in [-0.2, -0.15) is 0 Å². The van der Waals surface area contributed by atoms with Crippen molar-refractivity contribution in [3.63, 3.8) is 0 Å². The van der Waals surface area contributed by atoms with Crippen LogP contribution in [-0.2, 0) is 0 Å². The molecular formula is C13H12FN3O. The maximum atomic E-state index is 13.2. The molecule has 0 saturated heterocycles. The van der Waals surface area contributed by atoms with Gasteiger partial charge in [-0.15, -0.1) is 0 Å². The molecule has 5 heteroatoms. The largest absolute Gasteiger partial charge is 0.384 e. The van der Waals surface area contributed by atoms with E-state index in [2.05, 4.69) is 0 Å². The molecule has 18 heavy (non-hydrogen) atoms. The van der Waals surface area contributed by atoms with E-state index in [-0.39, 0.29) is 22.6 Å². The number of hydrogen-bond donors (Lipinski definition) is 2. The molecule has 0 amide bonds. The highest BCUT2D eigenvalue weighted by Gasteiger charge is 2.08. The van der Waals surface area contributed by atoms with Gasteiger partial charge in [0.15, 0.2) is 5.43 Å². The van der Waals surface area contributed by atoms with Crippen LogP contribution >= 0.6 is 0 Å². The predicted octanol–water partition coefficient (Wildman–Crippen LogP) is 1.57. The van der Waals surface area contributed by atoms with Crippen molar-refractivity contribution in [1.82, 2.24) is 4.57 Å². The Bertz CT molecular complexity index is 676. The highest BCUT2D eigenvalue weighted by molar-refractivity contribution is 5.94. The number of amidine groups is 1. The second-order valence-corrected chi connectivity index (χ2v) is 3.96. The number of nitrogens with two attached hydrogens (primary N) is 1. The molecule has 0 atom stereocenters. The highest BCUT2D eigenvalue weighted by Crippen LogP contribution is 2.12. The SMILES string of the molecule is Cc1cc(=O)c(C(=N)N)cn1-c1cccc(F)c1. The Kier molecular flexibility index (Phi) is 2.97. The molecule has 4 nitrogen and oxygen atoms in total. The summed E-state index contributed by atoms with van der Waals surface area (Å²) in [4.78, 5) is 11.6. The van der Waals surface area contributed by atoms with Gasteiger partial charge < -0.3 is 10.3 Å². The first kappa shape index (κ1) is 12.0. The maximum Gasteiger partial charge on any atom is 0.192 e. The minimum atomic E-state index is -0.366. The van der Waals surface area contributed by atoms with Crippen molar-refractivity contribution in [1.29, 1.82) is 5.41 Å². The fourth-order valence-electron chi connectivity index (χ4n) is 1.74. The van der Waals surface area contributed by atoms with Gasteiger partial charge in [0.25, 0.3) is 0 Å². The Balaban J connectivity index is 2.68. The fourth-order valence-corrected chi connectivity index (χ4v) is 1.74. The first-order valence-electron chi connectivity index (χ1n) is 5.32. The van der Waals surface area contributed by atoms with Gasteiger partial charge in [-0.3, -0.25) is 10.2 Å². The Morgan fingerprint density at radius 2 is 2.11 bits per heavy atom. The van der Waals surface area contributed by atoms with Gasteiger partial charge in [-0.25, -0.2) is 4.39 Å². The lowest BCUT2D eigenvalue weighted by atomic mass is 10.2. The highest BCUT2D eigenvalue weighted by atomic mass is 19.1. The Hall–Kier alpha value is -2.43. The number of hydrogen-bond acceptors (Lipinski definition) is 2. The molecule has 0 saturated carbocycles. The third-order valence-corrected chi connectivity index (χ3v) is 2.62. The van der Waals surface area contributed by atoms with Crippen molar-refractivity contribution < 1.29 is 4.39 Å². The van der Waals surface area contributed by atoms with E-state index in [0.717, 1.165) is 0 Å². The molecule has 0 unspecified atom stereocenters. The molecule has 0 aliphatic heterocycles. The summed E-state index contributed by atoms with van der Waals surface area (Å²) in [7, 11) is 0. The second kappa shape index (κ2) is 4.44. The van der Waals surface area contributed by atoms with Crippen LogP contribution in [0.25, 0.3) is 5.69 Å². The monoisotopic (exact) mass is 245 g/mol. The maximum absolute atomic E-state index is 13.2. The summed E-state index contributed by atoms with van der Waals surface area (Å²) >= 11 is 0. The lowest BCUT2D eigenvalue weighted by molar-refractivity contribution is 0.626. The number of benzene rings is 1. The smallest absolute Gasteiger partial charge is 0.192 e. The quantitative estimate of drug-likeness (QED) is 0.622. The van der Waals surface area contributed by atoms with Crippen LogP contribution < -0.4 is 11.2 Å². The van der Waals surface area contributed by atoms with Crippen LogP contribution in [0.1, 0.15) is 11.3 Å². The number of nitrogen functional groups attached to an aromatic ring is 1. The van der Waals surface area contributed by atoms with Crippen LogP contribution in [0.15, 0.2) is 41.3 Å². The van der Waals surface area contributed by atoms with E-state index in [1.54, 1.807) is 23.6 Å². The normalized spacial score (nSPS) is 10.3. The van der Waals surface area contributed by atoms with Crippen molar-refractivity contribution in [3.8, 4) is 5.69 Å². The summed E-state index contributed by atoms with van der Waals surface area (Å²) in [5.41, 5.74) is 6.35. The Morgan fingerprint density at radius 1 is 1.39 bits per heavy atom. The van der Waals surface area contributed by atoms with E-state index >= 15 is 0 Å². The number of nitrogens with zero attached hydrogens (tertiary/aromatic N) is 1. The predicted molar refractivity (Wildman–Crippen MR) is 67.8 cm³/mol. The third kappa shape index (κ3) is 2.15. The molecule has 3 N–H and O–H groups in total. The van der Waals surface area contributed by atoms with Gasteiger partial charge in [-0.05, 0) is 25.1 Å². The molecule has 0 bridgehead atoms. The van der Waals surface area contributed by atoms with Crippen molar-refractivity contribution in [3.05, 3.63) is 63.8 Å². The van der Waals surface area contributed by atoms with Crippen molar-refractivity contribution in [2.75, 3.05) is 0 Å². The van der Waals surface area contributed by atoms with E-state index in [1.807, 2.05) is 0 Å². The zero-order chi connectivity index (χ0) is 13.3. The van der Waals surface area contributed by atoms with Crippen molar-refractivity contribution in [2.45, 2.75) is 6.92 Å². The fraction of sp³-hybridized carbons (Fsp3) is 0.0769. The van der Waals surface area contributed by atoms with E-state index in [4.69, 9.17) is 11.1 Å². The number of halogens is 1. The summed E-state index contributed by atoms with van der Waals surface area (Å²) < 4.78 is 14.8.